The number of anilines is 1. The lowest BCUT2D eigenvalue weighted by molar-refractivity contribution is 0.415. The zero-order valence-electron chi connectivity index (χ0n) is 14.8. The minimum absolute atomic E-state index is 0.399. The lowest BCUT2D eigenvalue weighted by Crippen LogP contribution is -2.20. The van der Waals surface area contributed by atoms with Gasteiger partial charge in [-0.3, -0.25) is 4.98 Å². The highest BCUT2D eigenvalue weighted by atomic mass is 16.5. The van der Waals surface area contributed by atoms with Crippen LogP contribution in [0.15, 0.2) is 24.4 Å². The molecule has 1 atom stereocenters. The Kier molecular flexibility index (Phi) is 6.66. The Morgan fingerprint density at radius 2 is 2.09 bits per heavy atom. The molecule has 0 saturated carbocycles. The first-order chi connectivity index (χ1) is 11.2. The van der Waals surface area contributed by atoms with E-state index in [1.54, 1.807) is 7.11 Å². The fraction of sp³-hybridized carbons (Fsp3) is 0.526. The second-order valence-corrected chi connectivity index (χ2v) is 6.14. The van der Waals surface area contributed by atoms with Gasteiger partial charge in [0.2, 0.25) is 0 Å². The van der Waals surface area contributed by atoms with E-state index in [0.717, 1.165) is 41.9 Å². The summed E-state index contributed by atoms with van der Waals surface area (Å²) >= 11 is 0. The summed E-state index contributed by atoms with van der Waals surface area (Å²) in [5.74, 6) is 0.868. The van der Waals surface area contributed by atoms with Crippen molar-refractivity contribution in [1.29, 1.82) is 0 Å². The van der Waals surface area contributed by atoms with E-state index in [9.17, 15) is 0 Å². The Morgan fingerprint density at radius 3 is 2.83 bits per heavy atom. The molecule has 0 unspecified atom stereocenters. The van der Waals surface area contributed by atoms with Crippen molar-refractivity contribution in [1.82, 2.24) is 10.3 Å². The topological polar surface area (TPSA) is 46.2 Å². The van der Waals surface area contributed by atoms with Crippen LogP contribution in [0, 0.1) is 6.92 Å². The maximum Gasteiger partial charge on any atom is 0.121 e. The lowest BCUT2D eigenvalue weighted by Gasteiger charge is -2.18. The van der Waals surface area contributed by atoms with E-state index in [1.807, 2.05) is 18.3 Å². The van der Waals surface area contributed by atoms with Crippen LogP contribution < -0.4 is 15.4 Å². The van der Waals surface area contributed by atoms with Gasteiger partial charge in [-0.15, -0.1) is 0 Å². The first-order valence-electron chi connectivity index (χ1n) is 8.56. The zero-order valence-corrected chi connectivity index (χ0v) is 14.8. The number of hydrogen-bond acceptors (Lipinski definition) is 4. The molecule has 4 heteroatoms. The summed E-state index contributed by atoms with van der Waals surface area (Å²) in [5.41, 5.74) is 3.28. The predicted octanol–water partition coefficient (Wildman–Crippen LogP) is 4.13. The number of rotatable bonds is 9. The highest BCUT2D eigenvalue weighted by molar-refractivity contribution is 5.94. The third-order valence-electron chi connectivity index (χ3n) is 4.09. The molecule has 4 nitrogen and oxygen atoms in total. The van der Waals surface area contributed by atoms with Gasteiger partial charge in [-0.1, -0.05) is 6.92 Å². The molecule has 2 rings (SSSR count). The molecule has 0 aliphatic heterocycles. The number of aromatic nitrogens is 1. The van der Waals surface area contributed by atoms with Crippen LogP contribution in [0.1, 0.15) is 38.7 Å². The Balaban J connectivity index is 2.08. The standard InChI is InChI=1S/C19H29N3O/c1-5-9-20-10-6-7-15(3)22-18-13-16(23-4)12-17-14(2)8-11-21-19(17)18/h8,11-13,15,20,22H,5-7,9-10H2,1-4H3/t15-/m0/s1. The van der Waals surface area contributed by atoms with E-state index < -0.39 is 0 Å². The molecule has 0 amide bonds. The fourth-order valence-corrected chi connectivity index (χ4v) is 2.76. The maximum absolute atomic E-state index is 5.45. The molecule has 1 aromatic heterocycles. The lowest BCUT2D eigenvalue weighted by atomic mass is 10.1. The third-order valence-corrected chi connectivity index (χ3v) is 4.09. The van der Waals surface area contributed by atoms with Crippen molar-refractivity contribution in [3.05, 3.63) is 30.0 Å². The van der Waals surface area contributed by atoms with E-state index in [0.29, 0.717) is 6.04 Å². The minimum Gasteiger partial charge on any atom is -0.497 e. The van der Waals surface area contributed by atoms with Crippen LogP contribution in [-0.4, -0.2) is 31.2 Å². The first-order valence-corrected chi connectivity index (χ1v) is 8.56. The molecule has 0 aliphatic rings. The van der Waals surface area contributed by atoms with Crippen molar-refractivity contribution >= 4 is 16.6 Å². The number of benzene rings is 1. The molecule has 2 aromatic rings. The van der Waals surface area contributed by atoms with E-state index in [-0.39, 0.29) is 0 Å². The van der Waals surface area contributed by atoms with E-state index in [4.69, 9.17) is 4.74 Å². The summed E-state index contributed by atoms with van der Waals surface area (Å²) in [4.78, 5) is 4.56. The number of pyridine rings is 1. The minimum atomic E-state index is 0.399. The highest BCUT2D eigenvalue weighted by Gasteiger charge is 2.10. The maximum atomic E-state index is 5.45. The molecule has 0 spiro atoms. The van der Waals surface area contributed by atoms with Crippen LogP contribution in [0.2, 0.25) is 0 Å². The van der Waals surface area contributed by atoms with Gasteiger partial charge in [-0.2, -0.15) is 0 Å². The summed E-state index contributed by atoms with van der Waals surface area (Å²) in [5, 5.41) is 8.20. The molecule has 0 radical (unpaired) electrons. The number of nitrogens with zero attached hydrogens (tertiary/aromatic N) is 1. The van der Waals surface area contributed by atoms with E-state index >= 15 is 0 Å². The van der Waals surface area contributed by atoms with Crippen LogP contribution in [0.4, 0.5) is 5.69 Å². The van der Waals surface area contributed by atoms with E-state index in [1.165, 1.54) is 18.4 Å². The average molecular weight is 315 g/mol. The summed E-state index contributed by atoms with van der Waals surface area (Å²) in [6.45, 7) is 8.71. The molecule has 0 saturated heterocycles. The zero-order chi connectivity index (χ0) is 16.7. The van der Waals surface area contributed by atoms with Gasteiger partial charge in [-0.25, -0.2) is 0 Å². The molecule has 0 bridgehead atoms. The Morgan fingerprint density at radius 1 is 1.26 bits per heavy atom. The number of methoxy groups -OCH3 is 1. The SMILES string of the molecule is CCCNCCC[C@H](C)Nc1cc(OC)cc2c(C)ccnc12. The Labute approximate surface area is 139 Å². The van der Waals surface area contributed by atoms with Gasteiger partial charge in [0.05, 0.1) is 18.3 Å². The molecular weight excluding hydrogens is 286 g/mol. The second-order valence-electron chi connectivity index (χ2n) is 6.14. The summed E-state index contributed by atoms with van der Waals surface area (Å²) in [7, 11) is 1.71. The van der Waals surface area contributed by atoms with Crippen molar-refractivity contribution in [2.45, 2.75) is 46.1 Å². The summed E-state index contributed by atoms with van der Waals surface area (Å²) in [6.07, 6.45) is 5.35. The number of nitrogens with one attached hydrogen (secondary N) is 2. The molecule has 0 fully saturated rings. The van der Waals surface area contributed by atoms with Crippen LogP contribution in [0.25, 0.3) is 10.9 Å². The monoisotopic (exact) mass is 315 g/mol. The van der Waals surface area contributed by atoms with Crippen LogP contribution in [0.3, 0.4) is 0 Å². The fourth-order valence-electron chi connectivity index (χ4n) is 2.76. The Hall–Kier alpha value is -1.81. The molecule has 2 N–H and O–H groups in total. The second kappa shape index (κ2) is 8.73. The van der Waals surface area contributed by atoms with Crippen LogP contribution in [-0.2, 0) is 0 Å². The van der Waals surface area contributed by atoms with Gasteiger partial charge in [0.25, 0.3) is 0 Å². The molecule has 1 aromatic carbocycles. The van der Waals surface area contributed by atoms with Gasteiger partial charge < -0.3 is 15.4 Å². The quantitative estimate of drug-likeness (QED) is 0.683. The van der Waals surface area contributed by atoms with Gasteiger partial charge in [0.1, 0.15) is 5.75 Å². The Bertz CT molecular complexity index is 627. The largest absolute Gasteiger partial charge is 0.497 e. The van der Waals surface area contributed by atoms with Gasteiger partial charge in [-0.05, 0) is 63.9 Å². The van der Waals surface area contributed by atoms with Crippen molar-refractivity contribution in [2.24, 2.45) is 0 Å². The average Bonchev–Trinajstić information content (AvgIpc) is 2.55. The number of hydrogen-bond donors (Lipinski definition) is 2. The summed E-state index contributed by atoms with van der Waals surface area (Å²) in [6, 6.07) is 6.54. The van der Waals surface area contributed by atoms with Gasteiger partial charge >= 0.3 is 0 Å². The number of aryl methyl sites for hydroxylation is 1. The molecule has 126 valence electrons. The van der Waals surface area contributed by atoms with Crippen molar-refractivity contribution < 1.29 is 4.74 Å². The first kappa shape index (κ1) is 17.5. The van der Waals surface area contributed by atoms with Crippen molar-refractivity contribution in [3.63, 3.8) is 0 Å². The number of fused-ring (bicyclic) bond motifs is 1. The van der Waals surface area contributed by atoms with Crippen molar-refractivity contribution in [3.8, 4) is 5.75 Å². The predicted molar refractivity (Wildman–Crippen MR) is 98.5 cm³/mol. The van der Waals surface area contributed by atoms with Gasteiger partial charge in [0, 0.05) is 23.7 Å². The summed E-state index contributed by atoms with van der Waals surface area (Å²) < 4.78 is 5.45. The molecule has 23 heavy (non-hydrogen) atoms. The smallest absolute Gasteiger partial charge is 0.121 e. The highest BCUT2D eigenvalue weighted by Crippen LogP contribution is 2.30. The van der Waals surface area contributed by atoms with E-state index in [2.05, 4.69) is 42.5 Å². The van der Waals surface area contributed by atoms with Crippen molar-refractivity contribution in [2.75, 3.05) is 25.5 Å². The van der Waals surface area contributed by atoms with Crippen LogP contribution in [0.5, 0.6) is 5.75 Å². The van der Waals surface area contributed by atoms with Gasteiger partial charge in [0.15, 0.2) is 0 Å². The van der Waals surface area contributed by atoms with Crippen LogP contribution >= 0.6 is 0 Å². The third kappa shape index (κ3) is 4.83. The number of ether oxygens (including phenoxy) is 1. The molecular formula is C19H29N3O. The molecule has 1 heterocycles. The molecule has 0 aliphatic carbocycles. The normalized spacial score (nSPS) is 12.3.